The summed E-state index contributed by atoms with van der Waals surface area (Å²) in [4.78, 5) is 121. The van der Waals surface area contributed by atoms with Crippen molar-refractivity contribution in [2.45, 2.75) is 79.6 Å². The number of hydrogen-bond acceptors (Lipinski definition) is 10. The number of carbonyl (C=O) groups excluding carboxylic acids is 8. The molecule has 0 saturated carbocycles. The summed E-state index contributed by atoms with van der Waals surface area (Å²) >= 11 is 0. The van der Waals surface area contributed by atoms with Crippen LogP contribution >= 0.6 is 0 Å². The van der Waals surface area contributed by atoms with Crippen molar-refractivity contribution in [3.63, 3.8) is 0 Å². The summed E-state index contributed by atoms with van der Waals surface area (Å²) in [6.07, 6.45) is -0.788. The molecule has 0 radical (unpaired) electrons. The topological polar surface area (TPSA) is 190 Å². The molecule has 2 N–H and O–H groups in total. The van der Waals surface area contributed by atoms with E-state index in [0.29, 0.717) is 22.7 Å². The number of anilines is 4. The average molecular weight is 937 g/mol. The van der Waals surface area contributed by atoms with Gasteiger partial charge in [0, 0.05) is 67.6 Å². The summed E-state index contributed by atoms with van der Waals surface area (Å²) in [5, 5.41) is 25.7. The Labute approximate surface area is 403 Å². The molecule has 14 nitrogen and oxygen atoms in total. The Morgan fingerprint density at radius 3 is 0.841 bits per heavy atom. The maximum Gasteiger partial charge on any atom is 0.241 e. The highest BCUT2D eigenvalue weighted by Gasteiger charge is 2.47. The van der Waals surface area contributed by atoms with Gasteiger partial charge in [0.1, 0.15) is 58.3 Å². The van der Waals surface area contributed by atoms with Crippen molar-refractivity contribution < 1.29 is 48.6 Å². The number of phenolic OH excluding ortho intramolecular Hbond substituents is 2. The quantitative estimate of drug-likeness (QED) is 0.0873. The summed E-state index contributed by atoms with van der Waals surface area (Å²) in [6, 6.07) is 26.9. The van der Waals surface area contributed by atoms with Crippen LogP contribution in [0, 0.1) is 33.6 Å². The lowest BCUT2D eigenvalue weighted by atomic mass is 9.73. The molecule has 5 aromatic carbocycles. The fourth-order valence-corrected chi connectivity index (χ4v) is 8.43. The second kappa shape index (κ2) is 21.5. The van der Waals surface area contributed by atoms with Crippen molar-refractivity contribution in [1.29, 1.82) is 0 Å². The number of rotatable bonds is 17. The van der Waals surface area contributed by atoms with Gasteiger partial charge in [-0.3, -0.25) is 38.4 Å². The van der Waals surface area contributed by atoms with E-state index in [4.69, 9.17) is 0 Å². The van der Waals surface area contributed by atoms with Gasteiger partial charge in [-0.05, 0) is 116 Å². The third-order valence-corrected chi connectivity index (χ3v) is 12.7. The lowest BCUT2D eigenvalue weighted by Crippen LogP contribution is -2.41. The molecular formula is C55H60N4O10. The molecule has 4 amide bonds. The summed E-state index contributed by atoms with van der Waals surface area (Å²) in [6.45, 7) is 11.7. The molecule has 4 unspecified atom stereocenters. The predicted molar refractivity (Wildman–Crippen MR) is 266 cm³/mol. The van der Waals surface area contributed by atoms with Crippen LogP contribution in [0.5, 0.6) is 11.5 Å². The van der Waals surface area contributed by atoms with Gasteiger partial charge in [0.15, 0.2) is 0 Å². The average Bonchev–Trinajstić information content (AvgIpc) is 3.30. The largest absolute Gasteiger partial charge is 0.507 e. The minimum absolute atomic E-state index is 0.308. The van der Waals surface area contributed by atoms with Gasteiger partial charge >= 0.3 is 0 Å². The smallest absolute Gasteiger partial charge is 0.241 e. The molecule has 4 atom stereocenters. The number of amides is 4. The zero-order valence-corrected chi connectivity index (χ0v) is 41.2. The number of aryl methyl sites for hydroxylation is 4. The Morgan fingerprint density at radius 1 is 0.377 bits per heavy atom. The van der Waals surface area contributed by atoms with Crippen LogP contribution in [-0.4, -0.2) is 85.2 Å². The molecule has 0 heterocycles. The number of aromatic hydroxyl groups is 2. The minimum atomic E-state index is -2.09. The third-order valence-electron chi connectivity index (χ3n) is 12.7. The number of Topliss-reactive ketones (excluding diaryl/α,β-unsaturated/α-hetero) is 4. The monoisotopic (exact) mass is 936 g/mol. The standard InChI is InChI=1S/C55H60N4O10/c1-30-13-21-38(22-14-30)56(9)52(66)42(34(5)60)29-43-50(64)48(45(36(7)62)54(68)58(11)40-25-17-32(3)18-26-40)47(44(35(6)61)53(67)57(10)39-23-15-31(2)16-24-39)49(51(43)65)46(37(8)63)55(69)59(12)41-27-19-33(4)20-28-41/h13-28,42,44-46,64-65H,29H2,1-12H3. The van der Waals surface area contributed by atoms with Crippen LogP contribution in [-0.2, 0) is 44.8 Å². The molecule has 0 bridgehead atoms. The summed E-state index contributed by atoms with van der Waals surface area (Å²) in [5.74, 6) is -17.0. The number of likely N-dealkylation sites (N-methyl/N-ethyl adjacent to an activating group) is 3. The van der Waals surface area contributed by atoms with Gasteiger partial charge in [-0.2, -0.15) is 0 Å². The molecule has 360 valence electrons. The number of nitrogens with zero attached hydrogens (tertiary/aromatic N) is 4. The normalized spacial score (nSPS) is 12.8. The second-order valence-corrected chi connectivity index (χ2v) is 17.8. The van der Waals surface area contributed by atoms with E-state index in [1.807, 2.05) is 27.7 Å². The third kappa shape index (κ3) is 11.0. The van der Waals surface area contributed by atoms with Gasteiger partial charge in [-0.25, -0.2) is 0 Å². The SMILES string of the molecule is CC(=O)C(Cc1c(O)c(C(C(C)=O)C(=O)N(C)c2ccc(C)cc2)c(C(C(C)=O)C(=O)N(C)c2ccc(C)cc2)c(C(C(C)=O)C(=O)N(C)c2ccc(C)cc2)c1O)C(=O)N(C)c1ccc(C)cc1. The van der Waals surface area contributed by atoms with E-state index in [9.17, 15) is 34.2 Å². The van der Waals surface area contributed by atoms with Crippen molar-refractivity contribution in [1.82, 2.24) is 0 Å². The molecule has 0 fully saturated rings. The molecule has 0 aliphatic heterocycles. The maximum absolute atomic E-state index is 15.2. The summed E-state index contributed by atoms with van der Waals surface area (Å²) < 4.78 is 0. The number of ketones is 4. The molecule has 0 aromatic heterocycles. The molecule has 0 spiro atoms. The van der Waals surface area contributed by atoms with E-state index in [1.165, 1.54) is 33.1 Å². The first-order valence-corrected chi connectivity index (χ1v) is 22.4. The minimum Gasteiger partial charge on any atom is -0.507 e. The van der Waals surface area contributed by atoms with E-state index >= 15 is 14.4 Å². The molecule has 0 aliphatic carbocycles. The van der Waals surface area contributed by atoms with Crippen LogP contribution < -0.4 is 19.6 Å². The summed E-state index contributed by atoms with van der Waals surface area (Å²) in [7, 11) is 5.57. The maximum atomic E-state index is 15.2. The Balaban J connectivity index is 1.97. The first-order valence-electron chi connectivity index (χ1n) is 22.4. The van der Waals surface area contributed by atoms with Crippen LogP contribution in [0.3, 0.4) is 0 Å². The number of phenols is 2. The van der Waals surface area contributed by atoms with Crippen molar-refractivity contribution in [3.05, 3.63) is 142 Å². The van der Waals surface area contributed by atoms with Crippen LogP contribution in [0.25, 0.3) is 0 Å². The van der Waals surface area contributed by atoms with Crippen LogP contribution in [0.2, 0.25) is 0 Å². The fourth-order valence-electron chi connectivity index (χ4n) is 8.43. The molecular weight excluding hydrogens is 877 g/mol. The van der Waals surface area contributed by atoms with E-state index < -0.39 is 111 Å². The Bertz CT molecular complexity index is 2710. The van der Waals surface area contributed by atoms with E-state index in [1.54, 1.807) is 97.1 Å². The van der Waals surface area contributed by atoms with Crippen molar-refractivity contribution in [2.24, 2.45) is 5.92 Å². The Kier molecular flexibility index (Phi) is 16.3. The molecule has 69 heavy (non-hydrogen) atoms. The number of hydrogen-bond donors (Lipinski definition) is 2. The van der Waals surface area contributed by atoms with E-state index in [-0.39, 0.29) is 0 Å². The highest BCUT2D eigenvalue weighted by molar-refractivity contribution is 6.18. The van der Waals surface area contributed by atoms with Crippen molar-refractivity contribution >= 4 is 69.5 Å². The lowest BCUT2D eigenvalue weighted by molar-refractivity contribution is -0.132. The molecule has 14 heteroatoms. The van der Waals surface area contributed by atoms with Gasteiger partial charge in [-0.15, -0.1) is 0 Å². The highest BCUT2D eigenvalue weighted by Crippen LogP contribution is 2.50. The van der Waals surface area contributed by atoms with Gasteiger partial charge in [0.2, 0.25) is 23.6 Å². The lowest BCUT2D eigenvalue weighted by Gasteiger charge is -2.34. The molecule has 0 aliphatic rings. The fraction of sp³-hybridized carbons (Fsp3) is 0.309. The Hall–Kier alpha value is -7.74. The van der Waals surface area contributed by atoms with Gasteiger partial charge in [-0.1, -0.05) is 70.8 Å². The summed E-state index contributed by atoms with van der Waals surface area (Å²) in [5.41, 5.74) is 2.24. The van der Waals surface area contributed by atoms with Crippen LogP contribution in [0.4, 0.5) is 22.7 Å². The zero-order chi connectivity index (χ0) is 51.3. The van der Waals surface area contributed by atoms with E-state index in [2.05, 4.69) is 0 Å². The molecule has 5 rings (SSSR count). The van der Waals surface area contributed by atoms with Gasteiger partial charge in [0.25, 0.3) is 0 Å². The first-order chi connectivity index (χ1) is 32.4. The van der Waals surface area contributed by atoms with Crippen LogP contribution in [0.1, 0.15) is 90.0 Å². The Morgan fingerprint density at radius 2 is 0.609 bits per heavy atom. The molecule has 5 aromatic rings. The van der Waals surface area contributed by atoms with Crippen molar-refractivity contribution in [3.8, 4) is 11.5 Å². The number of carbonyl (C=O) groups is 8. The second-order valence-electron chi connectivity index (χ2n) is 17.8. The van der Waals surface area contributed by atoms with E-state index in [0.717, 1.165) is 64.6 Å². The van der Waals surface area contributed by atoms with Crippen LogP contribution in [0.15, 0.2) is 97.1 Å². The number of benzene rings is 5. The predicted octanol–water partition coefficient (Wildman–Crippen LogP) is 7.75. The zero-order valence-electron chi connectivity index (χ0n) is 41.2. The van der Waals surface area contributed by atoms with Crippen molar-refractivity contribution in [2.75, 3.05) is 47.8 Å². The molecule has 0 saturated heterocycles. The van der Waals surface area contributed by atoms with Gasteiger partial charge < -0.3 is 29.8 Å². The highest BCUT2D eigenvalue weighted by atomic mass is 16.3. The first kappa shape index (κ1) is 52.2. The van der Waals surface area contributed by atoms with Gasteiger partial charge in [0.05, 0.1) is 0 Å².